The average molecular weight is 251 g/mol. The molecule has 0 amide bonds. The van der Waals surface area contributed by atoms with Crippen molar-refractivity contribution >= 4 is 11.0 Å². The summed E-state index contributed by atoms with van der Waals surface area (Å²) >= 11 is 0. The lowest BCUT2D eigenvalue weighted by molar-refractivity contribution is 0.777. The standard InChI is InChI=1S/C15H13N3O/c1-2-18-10-7-14(19)12-3-4-13(17-15(12)18)11-5-8-16-9-6-11/h3-10H,2H2,1H3. The molecule has 0 atom stereocenters. The Balaban J connectivity index is 2.29. The number of hydrogen-bond donors (Lipinski definition) is 0. The van der Waals surface area contributed by atoms with Crippen molar-refractivity contribution in [1.82, 2.24) is 14.5 Å². The molecule has 3 heterocycles. The molecule has 3 aromatic heterocycles. The summed E-state index contributed by atoms with van der Waals surface area (Å²) in [7, 11) is 0. The van der Waals surface area contributed by atoms with E-state index < -0.39 is 0 Å². The molecule has 0 radical (unpaired) electrons. The molecule has 0 aliphatic heterocycles. The summed E-state index contributed by atoms with van der Waals surface area (Å²) in [5.74, 6) is 0. The van der Waals surface area contributed by atoms with Gasteiger partial charge in [0.05, 0.1) is 11.1 Å². The Morgan fingerprint density at radius 3 is 2.63 bits per heavy atom. The van der Waals surface area contributed by atoms with Gasteiger partial charge in [0.25, 0.3) is 0 Å². The predicted octanol–water partition coefficient (Wildman–Crippen LogP) is 2.48. The maximum atomic E-state index is 11.8. The fourth-order valence-electron chi connectivity index (χ4n) is 2.12. The number of aromatic nitrogens is 3. The predicted molar refractivity (Wildman–Crippen MR) is 74.9 cm³/mol. The summed E-state index contributed by atoms with van der Waals surface area (Å²) in [6, 6.07) is 9.11. The van der Waals surface area contributed by atoms with Crippen LogP contribution < -0.4 is 5.43 Å². The maximum Gasteiger partial charge on any atom is 0.191 e. The molecule has 0 aliphatic carbocycles. The van der Waals surface area contributed by atoms with Crippen molar-refractivity contribution in [2.45, 2.75) is 13.5 Å². The first-order valence-electron chi connectivity index (χ1n) is 6.20. The van der Waals surface area contributed by atoms with E-state index in [0.717, 1.165) is 23.4 Å². The minimum Gasteiger partial charge on any atom is -0.333 e. The van der Waals surface area contributed by atoms with Crippen molar-refractivity contribution in [3.05, 3.63) is 59.1 Å². The van der Waals surface area contributed by atoms with E-state index in [9.17, 15) is 4.79 Å². The van der Waals surface area contributed by atoms with Gasteiger partial charge in [0, 0.05) is 36.8 Å². The van der Waals surface area contributed by atoms with Crippen LogP contribution in [0.4, 0.5) is 0 Å². The molecular formula is C15H13N3O. The van der Waals surface area contributed by atoms with E-state index in [4.69, 9.17) is 0 Å². The zero-order valence-corrected chi connectivity index (χ0v) is 10.6. The Morgan fingerprint density at radius 2 is 1.89 bits per heavy atom. The minimum atomic E-state index is 0.00785. The highest BCUT2D eigenvalue weighted by molar-refractivity contribution is 5.78. The van der Waals surface area contributed by atoms with Crippen LogP contribution in [-0.2, 0) is 6.54 Å². The molecule has 3 aromatic rings. The monoisotopic (exact) mass is 251 g/mol. The quantitative estimate of drug-likeness (QED) is 0.703. The Hall–Kier alpha value is -2.49. The first-order valence-corrected chi connectivity index (χ1v) is 6.20. The van der Waals surface area contributed by atoms with Crippen LogP contribution in [0, 0.1) is 0 Å². The molecule has 0 aliphatic rings. The van der Waals surface area contributed by atoms with E-state index in [1.807, 2.05) is 35.8 Å². The lowest BCUT2D eigenvalue weighted by atomic mass is 10.1. The van der Waals surface area contributed by atoms with Crippen LogP contribution in [0.3, 0.4) is 0 Å². The molecule has 0 bridgehead atoms. The van der Waals surface area contributed by atoms with E-state index in [0.29, 0.717) is 5.39 Å². The zero-order chi connectivity index (χ0) is 13.2. The Bertz CT molecular complexity index is 778. The Labute approximate surface area is 110 Å². The van der Waals surface area contributed by atoms with Crippen LogP contribution in [0.15, 0.2) is 53.7 Å². The molecule has 4 nitrogen and oxygen atoms in total. The van der Waals surface area contributed by atoms with Gasteiger partial charge in [-0.1, -0.05) is 0 Å². The van der Waals surface area contributed by atoms with Gasteiger partial charge in [0.15, 0.2) is 5.43 Å². The average Bonchev–Trinajstić information content (AvgIpc) is 2.48. The second kappa shape index (κ2) is 4.65. The fourth-order valence-corrected chi connectivity index (χ4v) is 2.12. The first kappa shape index (κ1) is 11.6. The van der Waals surface area contributed by atoms with Crippen molar-refractivity contribution in [3.63, 3.8) is 0 Å². The molecule has 0 spiro atoms. The van der Waals surface area contributed by atoms with E-state index >= 15 is 0 Å². The van der Waals surface area contributed by atoms with E-state index in [1.54, 1.807) is 24.7 Å². The largest absolute Gasteiger partial charge is 0.333 e. The van der Waals surface area contributed by atoms with Crippen LogP contribution in [0.2, 0.25) is 0 Å². The number of hydrogen-bond acceptors (Lipinski definition) is 3. The fraction of sp³-hybridized carbons (Fsp3) is 0.133. The minimum absolute atomic E-state index is 0.00785. The summed E-state index contributed by atoms with van der Waals surface area (Å²) in [4.78, 5) is 20.4. The lowest BCUT2D eigenvalue weighted by Gasteiger charge is -2.08. The third kappa shape index (κ3) is 2.01. The van der Waals surface area contributed by atoms with Crippen LogP contribution in [0.5, 0.6) is 0 Å². The SMILES string of the molecule is CCn1ccc(=O)c2ccc(-c3ccncc3)nc21. The van der Waals surface area contributed by atoms with Crippen molar-refractivity contribution in [2.75, 3.05) is 0 Å². The number of rotatable bonds is 2. The molecular weight excluding hydrogens is 238 g/mol. The second-order valence-corrected chi connectivity index (χ2v) is 4.27. The highest BCUT2D eigenvalue weighted by Crippen LogP contribution is 2.18. The summed E-state index contributed by atoms with van der Waals surface area (Å²) in [6.07, 6.45) is 5.26. The molecule has 0 N–H and O–H groups in total. The van der Waals surface area contributed by atoms with E-state index in [-0.39, 0.29) is 5.43 Å². The highest BCUT2D eigenvalue weighted by atomic mass is 16.1. The summed E-state index contributed by atoms with van der Waals surface area (Å²) in [5.41, 5.74) is 2.58. The summed E-state index contributed by atoms with van der Waals surface area (Å²) in [5, 5.41) is 0.655. The Morgan fingerprint density at radius 1 is 1.11 bits per heavy atom. The molecule has 0 saturated carbocycles. The topological polar surface area (TPSA) is 47.8 Å². The number of aryl methyl sites for hydroxylation is 1. The van der Waals surface area contributed by atoms with Gasteiger partial charge in [-0.05, 0) is 31.2 Å². The molecule has 0 fully saturated rings. The van der Waals surface area contributed by atoms with Crippen molar-refractivity contribution in [1.29, 1.82) is 0 Å². The van der Waals surface area contributed by atoms with E-state index in [2.05, 4.69) is 9.97 Å². The third-order valence-corrected chi connectivity index (χ3v) is 3.14. The molecule has 19 heavy (non-hydrogen) atoms. The van der Waals surface area contributed by atoms with Gasteiger partial charge in [-0.25, -0.2) is 4.98 Å². The van der Waals surface area contributed by atoms with Crippen molar-refractivity contribution in [3.8, 4) is 11.3 Å². The molecule has 0 unspecified atom stereocenters. The highest BCUT2D eigenvalue weighted by Gasteiger charge is 2.06. The number of fused-ring (bicyclic) bond motifs is 1. The van der Waals surface area contributed by atoms with Gasteiger partial charge < -0.3 is 4.57 Å². The summed E-state index contributed by atoms with van der Waals surface area (Å²) in [6.45, 7) is 2.81. The lowest BCUT2D eigenvalue weighted by Crippen LogP contribution is -2.08. The van der Waals surface area contributed by atoms with Crippen LogP contribution >= 0.6 is 0 Å². The van der Waals surface area contributed by atoms with Crippen LogP contribution in [-0.4, -0.2) is 14.5 Å². The molecule has 94 valence electrons. The van der Waals surface area contributed by atoms with Gasteiger partial charge >= 0.3 is 0 Å². The van der Waals surface area contributed by atoms with Gasteiger partial charge in [0.2, 0.25) is 0 Å². The molecule has 4 heteroatoms. The second-order valence-electron chi connectivity index (χ2n) is 4.27. The normalized spacial score (nSPS) is 10.8. The van der Waals surface area contributed by atoms with Crippen LogP contribution in [0.25, 0.3) is 22.3 Å². The Kier molecular flexibility index (Phi) is 2.83. The van der Waals surface area contributed by atoms with Crippen molar-refractivity contribution < 1.29 is 0 Å². The first-order chi connectivity index (χ1) is 9.29. The molecule has 0 saturated heterocycles. The summed E-state index contributed by atoms with van der Waals surface area (Å²) < 4.78 is 1.97. The third-order valence-electron chi connectivity index (χ3n) is 3.14. The van der Waals surface area contributed by atoms with Gasteiger partial charge in [-0.15, -0.1) is 0 Å². The van der Waals surface area contributed by atoms with E-state index in [1.165, 1.54) is 0 Å². The molecule has 0 aromatic carbocycles. The molecule has 3 rings (SSSR count). The van der Waals surface area contributed by atoms with Gasteiger partial charge in [-0.2, -0.15) is 0 Å². The van der Waals surface area contributed by atoms with Crippen LogP contribution in [0.1, 0.15) is 6.92 Å². The number of pyridine rings is 3. The maximum absolute atomic E-state index is 11.8. The zero-order valence-electron chi connectivity index (χ0n) is 10.6. The van der Waals surface area contributed by atoms with Gasteiger partial charge in [0.1, 0.15) is 5.65 Å². The van der Waals surface area contributed by atoms with Gasteiger partial charge in [-0.3, -0.25) is 9.78 Å². The van der Waals surface area contributed by atoms with Crippen molar-refractivity contribution in [2.24, 2.45) is 0 Å². The smallest absolute Gasteiger partial charge is 0.191 e. The number of nitrogens with zero attached hydrogens (tertiary/aromatic N) is 3.